The third kappa shape index (κ3) is 4.68. The molecule has 2 aromatic rings. The quantitative estimate of drug-likeness (QED) is 0.254. The van der Waals surface area contributed by atoms with Crippen molar-refractivity contribution in [3.8, 4) is 16.9 Å². The standard InChI is InChI=1S/C33H34FN3O9/c1-37(2)25-20-12-15-10-19-18(14-5-7-17(34)8-6-14)11-16(13-36-32(44)21-4-3-9-46-21)26(38)23(19)27(39)22(15)29(41)33(20,45)30(42)24(28(25)40)31(35)43/h5-8,11,15,20-21,25,38,40-41,45H,3-4,9-10,12-13H2,1-2H3,(H2,35,43)(H,36,44)/t15-,20-,21?,25-,33-/m1/s1. The summed E-state index contributed by atoms with van der Waals surface area (Å²) in [6.45, 7) is 0.265. The molecule has 13 heteroatoms. The number of fused-ring (bicyclic) bond motifs is 3. The van der Waals surface area contributed by atoms with Gasteiger partial charge in [0.1, 0.15) is 34.8 Å². The summed E-state index contributed by atoms with van der Waals surface area (Å²) >= 11 is 0. The molecule has 2 amide bonds. The van der Waals surface area contributed by atoms with Gasteiger partial charge in [-0.1, -0.05) is 12.1 Å². The third-order valence-electron chi connectivity index (χ3n) is 9.63. The van der Waals surface area contributed by atoms with E-state index in [1.54, 1.807) is 20.2 Å². The lowest BCUT2D eigenvalue weighted by Gasteiger charge is -2.50. The van der Waals surface area contributed by atoms with Crippen LogP contribution in [0.3, 0.4) is 0 Å². The van der Waals surface area contributed by atoms with Crippen LogP contribution in [0.4, 0.5) is 4.39 Å². The van der Waals surface area contributed by atoms with Gasteiger partial charge in [-0.3, -0.25) is 24.1 Å². The fraction of sp³-hybridized carbons (Fsp3) is 0.394. The number of nitrogens with two attached hydrogens (primary N) is 1. The highest BCUT2D eigenvalue weighted by atomic mass is 19.1. The topological polar surface area (TPSA) is 200 Å². The van der Waals surface area contributed by atoms with E-state index in [4.69, 9.17) is 10.5 Å². The van der Waals surface area contributed by atoms with Gasteiger partial charge in [0.2, 0.25) is 11.7 Å². The number of likely N-dealkylation sites (N-methyl/N-ethyl adjacent to an activating group) is 1. The Balaban J connectivity index is 1.50. The number of primary amides is 1. The van der Waals surface area contributed by atoms with E-state index in [0.29, 0.717) is 29.7 Å². The van der Waals surface area contributed by atoms with Crippen LogP contribution in [-0.4, -0.2) is 87.2 Å². The second-order valence-corrected chi connectivity index (χ2v) is 12.5. The molecule has 0 saturated carbocycles. The molecule has 5 atom stereocenters. The van der Waals surface area contributed by atoms with Gasteiger partial charge in [-0.15, -0.1) is 0 Å². The number of carbonyl (C=O) groups excluding carboxylic acids is 4. The minimum absolute atomic E-state index is 0.0529. The van der Waals surface area contributed by atoms with Crippen LogP contribution in [0.25, 0.3) is 11.1 Å². The summed E-state index contributed by atoms with van der Waals surface area (Å²) in [4.78, 5) is 54.3. The van der Waals surface area contributed by atoms with Crippen molar-refractivity contribution in [3.05, 3.63) is 75.5 Å². The number of carbonyl (C=O) groups is 4. The number of halogens is 1. The number of phenolic OH excluding ortho intramolecular Hbond substituents is 1. The highest BCUT2D eigenvalue weighted by Gasteiger charge is 2.63. The summed E-state index contributed by atoms with van der Waals surface area (Å²) in [6.07, 6.45) is 0.602. The SMILES string of the molecule is CN(C)[C@H]1C(O)=C(C(N)=O)C(=O)[C@]2(O)C(O)=C3C(=O)c4c(O)c(CNC(=O)C5CCCO5)cc(-c5ccc(F)cc5)c4C[C@@H]3C[C@H]12. The second kappa shape index (κ2) is 11.3. The predicted octanol–water partition coefficient (Wildman–Crippen LogP) is 1.72. The van der Waals surface area contributed by atoms with Crippen molar-refractivity contribution in [1.82, 2.24) is 10.2 Å². The maximum absolute atomic E-state index is 14.3. The number of allylic oxidation sites excluding steroid dienone is 1. The van der Waals surface area contributed by atoms with Crippen molar-refractivity contribution in [1.29, 1.82) is 0 Å². The summed E-state index contributed by atoms with van der Waals surface area (Å²) in [7, 11) is 3.11. The highest BCUT2D eigenvalue weighted by Crippen LogP contribution is 2.53. The van der Waals surface area contributed by atoms with Crippen LogP contribution in [-0.2, 0) is 32.1 Å². The van der Waals surface area contributed by atoms with Gasteiger partial charge in [-0.2, -0.15) is 0 Å². The first-order valence-corrected chi connectivity index (χ1v) is 14.9. The van der Waals surface area contributed by atoms with E-state index in [-0.39, 0.29) is 36.1 Å². The Morgan fingerprint density at radius 1 is 1.15 bits per heavy atom. The van der Waals surface area contributed by atoms with Crippen molar-refractivity contribution >= 4 is 23.4 Å². The molecule has 7 N–H and O–H groups in total. The number of aliphatic hydroxyl groups excluding tert-OH is 2. The molecule has 0 aromatic heterocycles. The molecule has 46 heavy (non-hydrogen) atoms. The van der Waals surface area contributed by atoms with Crippen molar-refractivity contribution in [2.24, 2.45) is 17.6 Å². The molecule has 6 rings (SSSR count). The first kappa shape index (κ1) is 31.4. The van der Waals surface area contributed by atoms with Crippen LogP contribution in [0.15, 0.2) is 53.0 Å². The van der Waals surface area contributed by atoms with E-state index in [9.17, 15) is 44.0 Å². The molecule has 1 unspecified atom stereocenters. The zero-order valence-electron chi connectivity index (χ0n) is 25.2. The fourth-order valence-corrected chi connectivity index (χ4v) is 7.48. The van der Waals surface area contributed by atoms with E-state index in [0.717, 1.165) is 6.42 Å². The average Bonchev–Trinajstić information content (AvgIpc) is 3.54. The number of hydrogen-bond donors (Lipinski definition) is 6. The Morgan fingerprint density at radius 2 is 1.85 bits per heavy atom. The van der Waals surface area contributed by atoms with Crippen molar-refractivity contribution in [3.63, 3.8) is 0 Å². The van der Waals surface area contributed by atoms with Gasteiger partial charge in [-0.05, 0) is 80.6 Å². The lowest BCUT2D eigenvalue weighted by molar-refractivity contribution is -0.148. The van der Waals surface area contributed by atoms with Gasteiger partial charge in [-0.25, -0.2) is 4.39 Å². The molecule has 0 bridgehead atoms. The van der Waals surface area contributed by atoms with Gasteiger partial charge in [0, 0.05) is 30.2 Å². The summed E-state index contributed by atoms with van der Waals surface area (Å²) < 4.78 is 19.3. The first-order valence-electron chi connectivity index (χ1n) is 14.9. The van der Waals surface area contributed by atoms with Gasteiger partial charge in [0.15, 0.2) is 11.4 Å². The number of phenols is 1. The van der Waals surface area contributed by atoms with Crippen molar-refractivity contribution < 1.29 is 48.7 Å². The molecular formula is C33H34FN3O9. The number of aliphatic hydroxyl groups is 3. The number of rotatable bonds is 6. The Kier molecular flexibility index (Phi) is 7.74. The smallest absolute Gasteiger partial charge is 0.255 e. The van der Waals surface area contributed by atoms with Crippen molar-refractivity contribution in [2.75, 3.05) is 20.7 Å². The van der Waals surface area contributed by atoms with E-state index in [2.05, 4.69) is 5.32 Å². The minimum Gasteiger partial charge on any atom is -0.510 e. The van der Waals surface area contributed by atoms with Crippen LogP contribution < -0.4 is 11.1 Å². The first-order chi connectivity index (χ1) is 21.8. The number of ether oxygens (including phenoxy) is 1. The molecule has 2 aromatic carbocycles. The molecule has 3 aliphatic carbocycles. The summed E-state index contributed by atoms with van der Waals surface area (Å²) in [6, 6.07) is 6.01. The van der Waals surface area contributed by atoms with Gasteiger partial charge in [0.05, 0.1) is 11.6 Å². The number of nitrogens with zero attached hydrogens (tertiary/aromatic N) is 1. The molecule has 0 radical (unpaired) electrons. The Labute approximate surface area is 263 Å². The lowest BCUT2D eigenvalue weighted by Crippen LogP contribution is -2.63. The largest absolute Gasteiger partial charge is 0.510 e. The van der Waals surface area contributed by atoms with Crippen LogP contribution in [0.1, 0.15) is 40.7 Å². The van der Waals surface area contributed by atoms with E-state index in [1.807, 2.05) is 0 Å². The van der Waals surface area contributed by atoms with E-state index in [1.165, 1.54) is 29.2 Å². The van der Waals surface area contributed by atoms with Gasteiger partial charge in [0.25, 0.3) is 5.91 Å². The molecule has 1 saturated heterocycles. The molecule has 12 nitrogen and oxygen atoms in total. The molecule has 1 heterocycles. The Morgan fingerprint density at radius 3 is 2.46 bits per heavy atom. The summed E-state index contributed by atoms with van der Waals surface area (Å²) in [5.41, 5.74) is 2.77. The second-order valence-electron chi connectivity index (χ2n) is 12.5. The van der Waals surface area contributed by atoms with Crippen LogP contribution in [0.5, 0.6) is 5.75 Å². The van der Waals surface area contributed by atoms with E-state index < -0.39 is 81.6 Å². The Bertz CT molecular complexity index is 1740. The zero-order valence-corrected chi connectivity index (χ0v) is 25.2. The van der Waals surface area contributed by atoms with E-state index >= 15 is 0 Å². The number of aromatic hydroxyl groups is 1. The van der Waals surface area contributed by atoms with Crippen LogP contribution >= 0.6 is 0 Å². The lowest BCUT2D eigenvalue weighted by atomic mass is 9.58. The normalized spacial score (nSPS) is 27.4. The highest BCUT2D eigenvalue weighted by molar-refractivity contribution is 6.25. The zero-order chi connectivity index (χ0) is 33.2. The minimum atomic E-state index is -2.77. The Hall–Kier alpha value is -4.59. The number of ketones is 2. The molecule has 1 fully saturated rings. The van der Waals surface area contributed by atoms with Gasteiger partial charge >= 0.3 is 0 Å². The molecule has 0 spiro atoms. The average molecular weight is 636 g/mol. The van der Waals surface area contributed by atoms with Crippen molar-refractivity contribution in [2.45, 2.75) is 50.0 Å². The molecule has 1 aliphatic heterocycles. The maximum Gasteiger partial charge on any atom is 0.255 e. The predicted molar refractivity (Wildman–Crippen MR) is 160 cm³/mol. The molecule has 4 aliphatic rings. The fourth-order valence-electron chi connectivity index (χ4n) is 7.48. The number of amides is 2. The number of benzene rings is 2. The summed E-state index contributed by atoms with van der Waals surface area (Å²) in [5.74, 6) is -8.44. The van der Waals surface area contributed by atoms with Gasteiger partial charge < -0.3 is 36.2 Å². The number of nitrogens with one attached hydrogen (secondary N) is 1. The maximum atomic E-state index is 14.3. The van der Waals surface area contributed by atoms with Crippen LogP contribution in [0, 0.1) is 17.7 Å². The molecule has 242 valence electrons. The third-order valence-corrected chi connectivity index (χ3v) is 9.63. The number of hydrogen-bond acceptors (Lipinski definition) is 10. The number of Topliss-reactive ketones (excluding diaryl/α,β-unsaturated/α-hetero) is 2. The monoisotopic (exact) mass is 635 g/mol. The summed E-state index contributed by atoms with van der Waals surface area (Å²) in [5, 5.41) is 48.6. The molecular weight excluding hydrogens is 601 g/mol. The van der Waals surface area contributed by atoms with Crippen LogP contribution in [0.2, 0.25) is 0 Å².